The fraction of sp³-hybridized carbons (Fsp3) is 0.364. The maximum absolute atomic E-state index is 12.5. The molecule has 1 aromatic rings. The van der Waals surface area contributed by atoms with Crippen LogP contribution in [0.1, 0.15) is 18.4 Å². The van der Waals surface area contributed by atoms with Gasteiger partial charge in [0, 0.05) is 0 Å². The molecule has 0 N–H and O–H groups in total. The smallest absolute Gasteiger partial charge is 0.431 e. The van der Waals surface area contributed by atoms with Gasteiger partial charge in [0.05, 0.1) is 5.56 Å². The molecule has 1 aromatic carbocycles. The van der Waals surface area contributed by atoms with Crippen molar-refractivity contribution in [3.63, 3.8) is 0 Å². The summed E-state index contributed by atoms with van der Waals surface area (Å²) in [5.41, 5.74) is -0.993. The third kappa shape index (κ3) is 3.12. The molecular weight excluding hydrogens is 237 g/mol. The molecule has 1 fully saturated rings. The molecule has 3 nitrogen and oxygen atoms in total. The minimum absolute atomic E-state index is 0.208. The van der Waals surface area contributed by atoms with E-state index in [0.29, 0.717) is 0 Å². The fourth-order valence-electron chi connectivity index (χ4n) is 1.23. The Balaban J connectivity index is 2.11. The molecule has 92 valence electrons. The molecule has 6 heteroatoms. The Morgan fingerprint density at radius 3 is 2.47 bits per heavy atom. The van der Waals surface area contributed by atoms with Gasteiger partial charge in [0.15, 0.2) is 0 Å². The first kappa shape index (κ1) is 11.8. The number of carbonyl (C=O) groups is 1. The molecule has 0 amide bonds. The van der Waals surface area contributed by atoms with Gasteiger partial charge in [-0.2, -0.15) is 13.2 Å². The lowest BCUT2D eigenvalue weighted by Gasteiger charge is -2.12. The van der Waals surface area contributed by atoms with E-state index in [1.165, 1.54) is 12.1 Å². The van der Waals surface area contributed by atoms with E-state index in [9.17, 15) is 18.0 Å². The van der Waals surface area contributed by atoms with E-state index in [1.54, 1.807) is 0 Å². The summed E-state index contributed by atoms with van der Waals surface area (Å²) in [6, 6.07) is 4.51. The lowest BCUT2D eigenvalue weighted by Crippen LogP contribution is -2.15. The van der Waals surface area contributed by atoms with Crippen LogP contribution < -0.4 is 4.74 Å². The van der Waals surface area contributed by atoms with Crippen molar-refractivity contribution in [2.75, 3.05) is 0 Å². The van der Waals surface area contributed by atoms with Crippen molar-refractivity contribution in [3.8, 4) is 5.75 Å². The van der Waals surface area contributed by atoms with E-state index in [-0.39, 0.29) is 6.10 Å². The Hall–Kier alpha value is -1.72. The zero-order valence-corrected chi connectivity index (χ0v) is 8.66. The van der Waals surface area contributed by atoms with Gasteiger partial charge >= 0.3 is 12.3 Å². The van der Waals surface area contributed by atoms with Crippen LogP contribution >= 0.6 is 0 Å². The van der Waals surface area contributed by atoms with Crippen LogP contribution in [0.15, 0.2) is 24.3 Å². The van der Waals surface area contributed by atoms with Crippen LogP contribution in [-0.2, 0) is 10.9 Å². The highest BCUT2D eigenvalue weighted by atomic mass is 19.4. The average Bonchev–Trinajstić information content (AvgIpc) is 3.00. The summed E-state index contributed by atoms with van der Waals surface area (Å²) in [5.74, 6) is -0.536. The molecule has 2 rings (SSSR count). The molecule has 0 radical (unpaired) electrons. The van der Waals surface area contributed by atoms with Crippen molar-refractivity contribution in [2.45, 2.75) is 25.1 Å². The van der Waals surface area contributed by atoms with Gasteiger partial charge in [-0.1, -0.05) is 12.1 Å². The van der Waals surface area contributed by atoms with Gasteiger partial charge < -0.3 is 9.47 Å². The number of halogens is 3. The van der Waals surface area contributed by atoms with E-state index in [4.69, 9.17) is 4.74 Å². The molecule has 1 saturated carbocycles. The fourth-order valence-corrected chi connectivity index (χ4v) is 1.23. The molecule has 0 atom stereocenters. The van der Waals surface area contributed by atoms with Gasteiger partial charge in [-0.15, -0.1) is 0 Å². The van der Waals surface area contributed by atoms with Crippen LogP contribution in [0.3, 0.4) is 0 Å². The van der Waals surface area contributed by atoms with E-state index < -0.39 is 23.6 Å². The van der Waals surface area contributed by atoms with Crippen molar-refractivity contribution in [2.24, 2.45) is 0 Å². The van der Waals surface area contributed by atoms with Crippen LogP contribution in [0.5, 0.6) is 5.75 Å². The van der Waals surface area contributed by atoms with Crippen molar-refractivity contribution < 1.29 is 27.4 Å². The molecular formula is C11H9F3O3. The number of carbonyl (C=O) groups excluding carboxylic acids is 1. The predicted octanol–water partition coefficient (Wildman–Crippen LogP) is 3.38. The lowest BCUT2D eigenvalue weighted by atomic mass is 10.2. The van der Waals surface area contributed by atoms with Gasteiger partial charge in [-0.3, -0.25) is 0 Å². The SMILES string of the molecule is O=C(Oc1ccccc1C(F)(F)F)OC1CC1. The Kier molecular flexibility index (Phi) is 2.95. The number of ether oxygens (including phenoxy) is 2. The minimum atomic E-state index is -4.56. The highest BCUT2D eigenvalue weighted by molar-refractivity contribution is 5.65. The first-order valence-corrected chi connectivity index (χ1v) is 5.01. The minimum Gasteiger partial charge on any atom is -0.431 e. The van der Waals surface area contributed by atoms with Gasteiger partial charge in [-0.05, 0) is 25.0 Å². The summed E-state index contributed by atoms with van der Waals surface area (Å²) in [7, 11) is 0. The van der Waals surface area contributed by atoms with Gasteiger partial charge in [0.1, 0.15) is 11.9 Å². The molecule has 17 heavy (non-hydrogen) atoms. The van der Waals surface area contributed by atoms with E-state index in [0.717, 1.165) is 25.0 Å². The second kappa shape index (κ2) is 4.27. The first-order chi connectivity index (χ1) is 7.97. The van der Waals surface area contributed by atoms with Crippen LogP contribution in [0, 0.1) is 0 Å². The van der Waals surface area contributed by atoms with Crippen molar-refractivity contribution in [3.05, 3.63) is 29.8 Å². The van der Waals surface area contributed by atoms with E-state index in [2.05, 4.69) is 4.74 Å². The average molecular weight is 246 g/mol. The third-order valence-electron chi connectivity index (χ3n) is 2.17. The summed E-state index contributed by atoms with van der Waals surface area (Å²) >= 11 is 0. The second-order valence-corrected chi connectivity index (χ2v) is 3.66. The standard InChI is InChI=1S/C11H9F3O3/c12-11(13,14)8-3-1-2-4-9(8)17-10(15)16-7-5-6-7/h1-4,7H,5-6H2. The number of rotatable bonds is 2. The summed E-state index contributed by atoms with van der Waals surface area (Å²) in [5, 5.41) is 0. The molecule has 0 aliphatic heterocycles. The van der Waals surface area contributed by atoms with Crippen LogP contribution in [0.4, 0.5) is 18.0 Å². The monoisotopic (exact) mass is 246 g/mol. The number of alkyl halides is 3. The highest BCUT2D eigenvalue weighted by Gasteiger charge is 2.35. The first-order valence-electron chi connectivity index (χ1n) is 5.01. The number of hydrogen-bond acceptors (Lipinski definition) is 3. The van der Waals surface area contributed by atoms with E-state index in [1.807, 2.05) is 0 Å². The van der Waals surface area contributed by atoms with Crippen LogP contribution in [-0.4, -0.2) is 12.3 Å². The summed E-state index contributed by atoms with van der Waals surface area (Å²) in [4.78, 5) is 11.1. The zero-order chi connectivity index (χ0) is 12.5. The van der Waals surface area contributed by atoms with Crippen LogP contribution in [0.2, 0.25) is 0 Å². The number of benzene rings is 1. The van der Waals surface area contributed by atoms with E-state index >= 15 is 0 Å². The predicted molar refractivity (Wildman–Crippen MR) is 51.6 cm³/mol. The lowest BCUT2D eigenvalue weighted by molar-refractivity contribution is -0.138. The topological polar surface area (TPSA) is 35.5 Å². The van der Waals surface area contributed by atoms with Crippen LogP contribution in [0.25, 0.3) is 0 Å². The molecule has 0 unspecified atom stereocenters. The maximum atomic E-state index is 12.5. The summed E-state index contributed by atoms with van der Waals surface area (Å²) in [6.45, 7) is 0. The molecule has 0 spiro atoms. The van der Waals surface area contributed by atoms with Crippen molar-refractivity contribution >= 4 is 6.16 Å². The third-order valence-corrected chi connectivity index (χ3v) is 2.17. The van der Waals surface area contributed by atoms with Gasteiger partial charge in [0.2, 0.25) is 0 Å². The molecule has 0 bridgehead atoms. The normalized spacial score (nSPS) is 15.5. The Labute approximate surface area is 95.1 Å². The van der Waals surface area contributed by atoms with Crippen molar-refractivity contribution in [1.82, 2.24) is 0 Å². The summed E-state index contributed by atoms with van der Waals surface area (Å²) in [6.07, 6.45) is -4.40. The Bertz CT molecular complexity index is 424. The highest BCUT2D eigenvalue weighted by Crippen LogP contribution is 2.36. The zero-order valence-electron chi connectivity index (χ0n) is 8.66. The largest absolute Gasteiger partial charge is 0.514 e. The maximum Gasteiger partial charge on any atom is 0.514 e. The molecule has 0 aromatic heterocycles. The van der Waals surface area contributed by atoms with Gasteiger partial charge in [0.25, 0.3) is 0 Å². The number of hydrogen-bond donors (Lipinski definition) is 0. The van der Waals surface area contributed by atoms with Crippen molar-refractivity contribution in [1.29, 1.82) is 0 Å². The molecule has 1 aliphatic rings. The number of para-hydroxylation sites is 1. The molecule has 0 heterocycles. The quantitative estimate of drug-likeness (QED) is 0.592. The van der Waals surface area contributed by atoms with Gasteiger partial charge in [-0.25, -0.2) is 4.79 Å². The molecule has 1 aliphatic carbocycles. The summed E-state index contributed by atoms with van der Waals surface area (Å²) < 4.78 is 46.9. The second-order valence-electron chi connectivity index (χ2n) is 3.66. The Morgan fingerprint density at radius 1 is 1.24 bits per heavy atom. The molecule has 0 saturated heterocycles. The Morgan fingerprint density at radius 2 is 1.88 bits per heavy atom.